The molecule has 3 heteroatoms. The van der Waals surface area contributed by atoms with Gasteiger partial charge in [0.05, 0.1) is 5.69 Å². The van der Waals surface area contributed by atoms with Crippen LogP contribution in [0.1, 0.15) is 32.3 Å². The molecule has 0 N–H and O–H groups in total. The quantitative estimate of drug-likeness (QED) is 0.632. The van der Waals surface area contributed by atoms with Crippen molar-refractivity contribution in [3.63, 3.8) is 0 Å². The molecule has 2 aromatic rings. The van der Waals surface area contributed by atoms with Crippen molar-refractivity contribution < 1.29 is 0 Å². The second-order valence-electron chi connectivity index (χ2n) is 7.92. The number of hydrogen-bond acceptors (Lipinski definition) is 3. The van der Waals surface area contributed by atoms with Gasteiger partial charge in [0.1, 0.15) is 0 Å². The molecule has 4 rings (SSSR count). The van der Waals surface area contributed by atoms with Gasteiger partial charge in [-0.25, -0.2) is 0 Å². The third-order valence-electron chi connectivity index (χ3n) is 5.43. The highest BCUT2D eigenvalue weighted by molar-refractivity contribution is 8.00. The predicted molar refractivity (Wildman–Crippen MR) is 115 cm³/mol. The minimum Gasteiger partial charge on any atom is -0.378 e. The van der Waals surface area contributed by atoms with Gasteiger partial charge in [-0.05, 0) is 68.2 Å². The van der Waals surface area contributed by atoms with Gasteiger partial charge in [0.2, 0.25) is 0 Å². The van der Waals surface area contributed by atoms with Crippen molar-refractivity contribution in [2.75, 3.05) is 19.0 Å². The van der Waals surface area contributed by atoms with Crippen LogP contribution in [0, 0.1) is 5.92 Å². The zero-order valence-corrected chi connectivity index (χ0v) is 16.8. The molecule has 0 aromatic heterocycles. The molecule has 26 heavy (non-hydrogen) atoms. The first kappa shape index (κ1) is 17.4. The monoisotopic (exact) mass is 362 g/mol. The van der Waals surface area contributed by atoms with Crippen LogP contribution in [0.3, 0.4) is 0 Å². The van der Waals surface area contributed by atoms with Gasteiger partial charge in [-0.3, -0.25) is 4.99 Å². The smallest absolute Gasteiger partial charge is 0.0769 e. The molecule has 134 valence electrons. The molecule has 0 spiro atoms. The SMILES string of the molecule is CN(C)c1ccc(/C=C2\CC[C@@H]3C2=Nc2ccccc2SC3(C)C)cc1. The average Bonchev–Trinajstić information content (AvgIpc) is 2.95. The summed E-state index contributed by atoms with van der Waals surface area (Å²) in [7, 11) is 4.15. The Hall–Kier alpha value is -2.00. The fourth-order valence-corrected chi connectivity index (χ4v) is 5.25. The van der Waals surface area contributed by atoms with E-state index in [9.17, 15) is 0 Å². The van der Waals surface area contributed by atoms with E-state index in [0.29, 0.717) is 5.92 Å². The lowest BCUT2D eigenvalue weighted by Gasteiger charge is -2.29. The number of fused-ring (bicyclic) bond motifs is 2. The number of rotatable bonds is 2. The molecule has 0 saturated heterocycles. The van der Waals surface area contributed by atoms with Crippen molar-refractivity contribution in [3.05, 3.63) is 59.7 Å². The largest absolute Gasteiger partial charge is 0.378 e. The van der Waals surface area contributed by atoms with E-state index in [2.05, 4.69) is 87.4 Å². The van der Waals surface area contributed by atoms with E-state index in [4.69, 9.17) is 4.99 Å². The maximum Gasteiger partial charge on any atom is 0.0769 e. The lowest BCUT2D eigenvalue weighted by molar-refractivity contribution is 0.534. The van der Waals surface area contributed by atoms with Gasteiger partial charge in [-0.15, -0.1) is 11.8 Å². The van der Waals surface area contributed by atoms with Crippen LogP contribution in [0.2, 0.25) is 0 Å². The molecule has 0 amide bonds. The normalized spacial score (nSPS) is 22.4. The van der Waals surface area contributed by atoms with Crippen LogP contribution < -0.4 is 4.90 Å². The number of hydrogen-bond donors (Lipinski definition) is 0. The Morgan fingerprint density at radius 2 is 1.81 bits per heavy atom. The lowest BCUT2D eigenvalue weighted by atomic mass is 9.91. The maximum atomic E-state index is 5.14. The topological polar surface area (TPSA) is 15.6 Å². The number of thioether (sulfide) groups is 1. The summed E-state index contributed by atoms with van der Waals surface area (Å²) in [6, 6.07) is 17.3. The molecule has 1 heterocycles. The van der Waals surface area contributed by atoms with Crippen LogP contribution in [0.4, 0.5) is 11.4 Å². The van der Waals surface area contributed by atoms with Gasteiger partial charge >= 0.3 is 0 Å². The Balaban J connectivity index is 1.74. The van der Waals surface area contributed by atoms with Crippen molar-refractivity contribution in [2.45, 2.75) is 36.3 Å². The van der Waals surface area contributed by atoms with E-state index >= 15 is 0 Å². The van der Waals surface area contributed by atoms with Crippen LogP contribution in [-0.2, 0) is 0 Å². The number of benzene rings is 2. The van der Waals surface area contributed by atoms with Gasteiger partial charge < -0.3 is 4.90 Å². The molecule has 2 nitrogen and oxygen atoms in total. The molecule has 1 aliphatic carbocycles. The Morgan fingerprint density at radius 3 is 2.54 bits per heavy atom. The van der Waals surface area contributed by atoms with Crippen molar-refractivity contribution in [1.82, 2.24) is 0 Å². The van der Waals surface area contributed by atoms with Crippen molar-refractivity contribution >= 4 is 34.9 Å². The molecule has 0 bridgehead atoms. The van der Waals surface area contributed by atoms with E-state index in [1.165, 1.54) is 33.9 Å². The average molecular weight is 363 g/mol. The summed E-state index contributed by atoms with van der Waals surface area (Å²) in [5.74, 6) is 0.507. The van der Waals surface area contributed by atoms with E-state index < -0.39 is 0 Å². The number of nitrogens with zero attached hydrogens (tertiary/aromatic N) is 2. The Labute approximate surface area is 161 Å². The first-order chi connectivity index (χ1) is 12.4. The zero-order valence-electron chi connectivity index (χ0n) is 16.0. The Kier molecular flexibility index (Phi) is 4.44. The van der Waals surface area contributed by atoms with Gasteiger partial charge in [0, 0.05) is 41.1 Å². The second kappa shape index (κ2) is 6.62. The zero-order chi connectivity index (χ0) is 18.3. The molecule has 1 atom stereocenters. The summed E-state index contributed by atoms with van der Waals surface area (Å²) in [6.07, 6.45) is 4.65. The molecule has 0 unspecified atom stereocenters. The third kappa shape index (κ3) is 3.21. The minimum atomic E-state index is 0.163. The fraction of sp³-hybridized carbons (Fsp3) is 0.348. The summed E-state index contributed by atoms with van der Waals surface area (Å²) in [6.45, 7) is 4.74. The first-order valence-corrected chi connectivity index (χ1v) is 10.1. The molecule has 2 aliphatic rings. The standard InChI is InChI=1S/C23H26N2S/c1-23(2)19-14-11-17(15-16-9-12-18(13-10-16)25(3)4)22(19)24-20-7-5-6-8-21(20)26-23/h5-10,12-13,15,19H,11,14H2,1-4H3/b17-15+/t19-/m1/s1. The van der Waals surface area contributed by atoms with E-state index in [0.717, 1.165) is 12.1 Å². The first-order valence-electron chi connectivity index (χ1n) is 9.29. The van der Waals surface area contributed by atoms with E-state index in [1.54, 1.807) is 0 Å². The summed E-state index contributed by atoms with van der Waals surface area (Å²) < 4.78 is 0.163. The van der Waals surface area contributed by atoms with Crippen LogP contribution >= 0.6 is 11.8 Å². The molecule has 1 fully saturated rings. The van der Waals surface area contributed by atoms with Gasteiger partial charge in [0.15, 0.2) is 0 Å². The molecule has 0 radical (unpaired) electrons. The Bertz CT molecular complexity index is 875. The summed E-state index contributed by atoms with van der Waals surface area (Å²) in [4.78, 5) is 8.57. The summed E-state index contributed by atoms with van der Waals surface area (Å²) in [5, 5.41) is 0. The minimum absolute atomic E-state index is 0.163. The van der Waals surface area contributed by atoms with Crippen molar-refractivity contribution in [1.29, 1.82) is 0 Å². The van der Waals surface area contributed by atoms with Crippen molar-refractivity contribution in [3.8, 4) is 0 Å². The van der Waals surface area contributed by atoms with Crippen molar-refractivity contribution in [2.24, 2.45) is 10.9 Å². The molecule has 2 aromatic carbocycles. The summed E-state index contributed by atoms with van der Waals surface area (Å²) in [5.41, 5.74) is 6.31. The number of para-hydroxylation sites is 1. The number of aliphatic imine (C=N–C) groups is 1. The highest BCUT2D eigenvalue weighted by Gasteiger charge is 2.41. The predicted octanol–water partition coefficient (Wildman–Crippen LogP) is 6.20. The highest BCUT2D eigenvalue weighted by atomic mass is 32.2. The summed E-state index contributed by atoms with van der Waals surface area (Å²) >= 11 is 1.98. The molecular formula is C23H26N2S. The maximum absolute atomic E-state index is 5.14. The van der Waals surface area contributed by atoms with Crippen LogP contribution in [0.5, 0.6) is 0 Å². The second-order valence-corrected chi connectivity index (χ2v) is 9.61. The number of allylic oxidation sites excluding steroid dienone is 1. The van der Waals surface area contributed by atoms with Crippen LogP contribution in [0.15, 0.2) is 64.0 Å². The van der Waals surface area contributed by atoms with Gasteiger partial charge in [-0.2, -0.15) is 0 Å². The molecular weight excluding hydrogens is 336 g/mol. The van der Waals surface area contributed by atoms with Crippen LogP contribution in [-0.4, -0.2) is 24.6 Å². The van der Waals surface area contributed by atoms with E-state index in [-0.39, 0.29) is 4.75 Å². The third-order valence-corrected chi connectivity index (χ3v) is 6.81. The van der Waals surface area contributed by atoms with Gasteiger partial charge in [-0.1, -0.05) is 24.3 Å². The molecule has 1 saturated carbocycles. The lowest BCUT2D eigenvalue weighted by Crippen LogP contribution is -2.30. The molecule has 1 aliphatic heterocycles. The number of anilines is 1. The highest BCUT2D eigenvalue weighted by Crippen LogP contribution is 2.51. The Morgan fingerprint density at radius 1 is 1.08 bits per heavy atom. The fourth-order valence-electron chi connectivity index (χ4n) is 3.95. The van der Waals surface area contributed by atoms with E-state index in [1.807, 2.05) is 11.8 Å². The van der Waals surface area contributed by atoms with Crippen LogP contribution in [0.25, 0.3) is 6.08 Å². The van der Waals surface area contributed by atoms with Gasteiger partial charge in [0.25, 0.3) is 0 Å².